The summed E-state index contributed by atoms with van der Waals surface area (Å²) in [7, 11) is 0. The van der Waals surface area contributed by atoms with E-state index in [1.54, 1.807) is 0 Å². The minimum Gasteiger partial charge on any atom is -0.490 e. The fourth-order valence-electron chi connectivity index (χ4n) is 3.68. The summed E-state index contributed by atoms with van der Waals surface area (Å²) in [5.41, 5.74) is -0.950. The van der Waals surface area contributed by atoms with Gasteiger partial charge in [0.05, 0.1) is 13.2 Å². The van der Waals surface area contributed by atoms with Crippen LogP contribution in [-0.2, 0) is 4.74 Å². The fourth-order valence-corrected chi connectivity index (χ4v) is 3.68. The molecule has 5 heteroatoms. The first-order valence-electron chi connectivity index (χ1n) is 9.13. The molecule has 0 unspecified atom stereocenters. The molecule has 2 fully saturated rings. The largest absolute Gasteiger partial charge is 0.490 e. The molecule has 1 aromatic carbocycles. The highest BCUT2D eigenvalue weighted by Crippen LogP contribution is 2.22. The molecule has 1 atom stereocenters. The molecule has 1 N–H and O–H groups in total. The average Bonchev–Trinajstić information content (AvgIpc) is 2.83. The number of β-amino-alcohol motifs (C(OH)–C–C–N with tert-alkyl or cyclic N) is 1. The van der Waals surface area contributed by atoms with Crippen LogP contribution in [0.3, 0.4) is 0 Å². The van der Waals surface area contributed by atoms with Gasteiger partial charge in [-0.05, 0) is 44.6 Å². The monoisotopic (exact) mass is 334 g/mol. The van der Waals surface area contributed by atoms with Crippen LogP contribution in [0.25, 0.3) is 0 Å². The summed E-state index contributed by atoms with van der Waals surface area (Å²) >= 11 is 0. The van der Waals surface area contributed by atoms with Crippen LogP contribution in [0.15, 0.2) is 30.3 Å². The van der Waals surface area contributed by atoms with E-state index in [4.69, 9.17) is 9.47 Å². The molecule has 0 aromatic heterocycles. The SMILES string of the molecule is CCN1CCC(N2CCOC[C@@](O)(COc3ccccc3)C2)CC1. The Hall–Kier alpha value is -1.14. The quantitative estimate of drug-likeness (QED) is 0.886. The molecule has 0 amide bonds. The zero-order valence-electron chi connectivity index (χ0n) is 14.7. The van der Waals surface area contributed by atoms with E-state index in [1.165, 1.54) is 12.8 Å². The van der Waals surface area contributed by atoms with E-state index in [1.807, 2.05) is 30.3 Å². The molecule has 2 aliphatic rings. The topological polar surface area (TPSA) is 45.2 Å². The molecular weight excluding hydrogens is 304 g/mol. The van der Waals surface area contributed by atoms with Crippen LogP contribution in [0.2, 0.25) is 0 Å². The third kappa shape index (κ3) is 4.70. The molecule has 0 radical (unpaired) electrons. The molecule has 2 aliphatic heterocycles. The summed E-state index contributed by atoms with van der Waals surface area (Å²) in [6.45, 7) is 8.45. The number of benzene rings is 1. The highest BCUT2D eigenvalue weighted by Gasteiger charge is 2.36. The summed E-state index contributed by atoms with van der Waals surface area (Å²) in [6.07, 6.45) is 2.34. The Labute approximate surface area is 145 Å². The summed E-state index contributed by atoms with van der Waals surface area (Å²) in [6, 6.07) is 10.2. The maximum atomic E-state index is 11.0. The van der Waals surface area contributed by atoms with Crippen LogP contribution >= 0.6 is 0 Å². The van der Waals surface area contributed by atoms with E-state index in [2.05, 4.69) is 16.7 Å². The zero-order valence-corrected chi connectivity index (χ0v) is 14.7. The minimum atomic E-state index is -0.950. The molecule has 0 aliphatic carbocycles. The number of para-hydroxylation sites is 1. The predicted octanol–water partition coefficient (Wildman–Crippen LogP) is 1.61. The van der Waals surface area contributed by atoms with Crippen molar-refractivity contribution in [3.05, 3.63) is 30.3 Å². The molecule has 0 spiro atoms. The van der Waals surface area contributed by atoms with Crippen LogP contribution in [0.1, 0.15) is 19.8 Å². The summed E-state index contributed by atoms with van der Waals surface area (Å²) in [5, 5.41) is 11.0. The second-order valence-electron chi connectivity index (χ2n) is 7.01. The molecule has 134 valence electrons. The number of likely N-dealkylation sites (tertiary alicyclic amines) is 1. The Morgan fingerprint density at radius 2 is 1.96 bits per heavy atom. The highest BCUT2D eigenvalue weighted by atomic mass is 16.5. The number of aliphatic hydroxyl groups is 1. The van der Waals surface area contributed by atoms with Crippen LogP contribution in [0.5, 0.6) is 5.75 Å². The second kappa shape index (κ2) is 8.30. The predicted molar refractivity (Wildman–Crippen MR) is 94.4 cm³/mol. The normalized spacial score (nSPS) is 27.8. The van der Waals surface area contributed by atoms with Gasteiger partial charge in [-0.15, -0.1) is 0 Å². The first-order valence-corrected chi connectivity index (χ1v) is 9.13. The number of rotatable bonds is 5. The Kier molecular flexibility index (Phi) is 6.11. The summed E-state index contributed by atoms with van der Waals surface area (Å²) < 4.78 is 11.5. The number of hydrogen-bond donors (Lipinski definition) is 1. The van der Waals surface area contributed by atoms with Crippen molar-refractivity contribution in [2.45, 2.75) is 31.4 Å². The van der Waals surface area contributed by atoms with Crippen LogP contribution in [0.4, 0.5) is 0 Å². The standard InChI is InChI=1S/C19H30N2O3/c1-2-20-10-8-17(9-11-20)21-12-13-23-15-19(22,14-21)16-24-18-6-4-3-5-7-18/h3-7,17,22H,2,8-16H2,1H3/t19-/m1/s1. The van der Waals surface area contributed by atoms with E-state index in [9.17, 15) is 5.11 Å². The highest BCUT2D eigenvalue weighted by molar-refractivity contribution is 5.21. The lowest BCUT2D eigenvalue weighted by Gasteiger charge is -2.40. The molecule has 2 heterocycles. The number of piperidine rings is 1. The van der Waals surface area contributed by atoms with Gasteiger partial charge in [0.15, 0.2) is 0 Å². The molecular formula is C19H30N2O3. The smallest absolute Gasteiger partial charge is 0.134 e. The van der Waals surface area contributed by atoms with Crippen LogP contribution < -0.4 is 4.74 Å². The molecule has 5 nitrogen and oxygen atoms in total. The van der Waals surface area contributed by atoms with Gasteiger partial charge >= 0.3 is 0 Å². The van der Waals surface area contributed by atoms with Crippen molar-refractivity contribution in [3.8, 4) is 5.75 Å². The third-order valence-electron chi connectivity index (χ3n) is 5.16. The van der Waals surface area contributed by atoms with Gasteiger partial charge in [0.2, 0.25) is 0 Å². The number of hydrogen-bond acceptors (Lipinski definition) is 5. The van der Waals surface area contributed by atoms with E-state index in [0.717, 1.165) is 31.9 Å². The molecule has 0 saturated carbocycles. The maximum absolute atomic E-state index is 11.0. The van der Waals surface area contributed by atoms with E-state index >= 15 is 0 Å². The van der Waals surface area contributed by atoms with Gasteiger partial charge in [-0.3, -0.25) is 4.90 Å². The summed E-state index contributed by atoms with van der Waals surface area (Å²) in [4.78, 5) is 4.91. The van der Waals surface area contributed by atoms with Crippen molar-refractivity contribution in [1.82, 2.24) is 9.80 Å². The average molecular weight is 334 g/mol. The molecule has 1 aromatic rings. The van der Waals surface area contributed by atoms with Crippen molar-refractivity contribution < 1.29 is 14.6 Å². The Bertz CT molecular complexity index is 491. The Morgan fingerprint density at radius 1 is 1.21 bits per heavy atom. The van der Waals surface area contributed by atoms with Crippen molar-refractivity contribution in [2.75, 3.05) is 52.5 Å². The lowest BCUT2D eigenvalue weighted by molar-refractivity contribution is -0.0689. The van der Waals surface area contributed by atoms with Gasteiger partial charge in [-0.2, -0.15) is 0 Å². The molecule has 0 bridgehead atoms. The first-order chi connectivity index (χ1) is 11.7. The second-order valence-corrected chi connectivity index (χ2v) is 7.01. The fraction of sp³-hybridized carbons (Fsp3) is 0.684. The maximum Gasteiger partial charge on any atom is 0.134 e. The Balaban J connectivity index is 1.57. The van der Waals surface area contributed by atoms with Gasteiger partial charge in [0.25, 0.3) is 0 Å². The van der Waals surface area contributed by atoms with Crippen LogP contribution in [0, 0.1) is 0 Å². The number of nitrogens with zero attached hydrogens (tertiary/aromatic N) is 2. The van der Waals surface area contributed by atoms with E-state index < -0.39 is 5.60 Å². The van der Waals surface area contributed by atoms with Crippen LogP contribution in [-0.4, -0.2) is 79.1 Å². The molecule has 3 rings (SSSR count). The van der Waals surface area contributed by atoms with Crippen molar-refractivity contribution >= 4 is 0 Å². The lowest BCUT2D eigenvalue weighted by atomic mass is 9.99. The van der Waals surface area contributed by atoms with Crippen molar-refractivity contribution in [3.63, 3.8) is 0 Å². The minimum absolute atomic E-state index is 0.265. The van der Waals surface area contributed by atoms with E-state index in [0.29, 0.717) is 25.8 Å². The van der Waals surface area contributed by atoms with Gasteiger partial charge in [-0.1, -0.05) is 25.1 Å². The Morgan fingerprint density at radius 3 is 2.67 bits per heavy atom. The van der Waals surface area contributed by atoms with Gasteiger partial charge in [-0.25, -0.2) is 0 Å². The third-order valence-corrected chi connectivity index (χ3v) is 5.16. The van der Waals surface area contributed by atoms with E-state index in [-0.39, 0.29) is 6.61 Å². The first kappa shape index (κ1) is 17.7. The van der Waals surface area contributed by atoms with Gasteiger partial charge in [0.1, 0.15) is 18.0 Å². The van der Waals surface area contributed by atoms with Gasteiger partial charge < -0.3 is 19.5 Å². The molecule has 2 saturated heterocycles. The zero-order chi connectivity index (χ0) is 16.8. The lowest BCUT2D eigenvalue weighted by Crippen LogP contribution is -2.53. The number of ether oxygens (including phenoxy) is 2. The molecule has 24 heavy (non-hydrogen) atoms. The van der Waals surface area contributed by atoms with Crippen molar-refractivity contribution in [1.29, 1.82) is 0 Å². The summed E-state index contributed by atoms with van der Waals surface area (Å²) in [5.74, 6) is 0.790. The van der Waals surface area contributed by atoms with Gasteiger partial charge in [0, 0.05) is 19.1 Å². The van der Waals surface area contributed by atoms with Crippen molar-refractivity contribution in [2.24, 2.45) is 0 Å².